The number of nitrogens with zero attached hydrogens (tertiary/aromatic N) is 1. The van der Waals surface area contributed by atoms with Crippen molar-refractivity contribution in [3.8, 4) is 0 Å². The first-order valence-corrected chi connectivity index (χ1v) is 5.66. The van der Waals surface area contributed by atoms with Gasteiger partial charge in [0.25, 0.3) is 0 Å². The van der Waals surface area contributed by atoms with E-state index in [0.717, 1.165) is 13.0 Å². The van der Waals surface area contributed by atoms with E-state index in [0.29, 0.717) is 12.3 Å². The third-order valence-electron chi connectivity index (χ3n) is 2.96. The summed E-state index contributed by atoms with van der Waals surface area (Å²) in [6, 6.07) is 0. The maximum atomic E-state index is 10.4. The molecular weight excluding hydrogens is 178 g/mol. The Kier molecular flexibility index (Phi) is 4.94. The highest BCUT2D eigenvalue weighted by molar-refractivity contribution is 5.66. The van der Waals surface area contributed by atoms with Gasteiger partial charge in [0, 0.05) is 13.0 Å². The topological polar surface area (TPSA) is 40.5 Å². The molecule has 1 rings (SSSR count). The number of carboxylic acid groups (broad SMARTS) is 1. The number of unbranched alkanes of at least 4 members (excludes halogenated alkanes) is 1. The normalized spacial score (nSPS) is 22.8. The van der Waals surface area contributed by atoms with E-state index in [1.54, 1.807) is 0 Å². The molecule has 0 amide bonds. The summed E-state index contributed by atoms with van der Waals surface area (Å²) in [4.78, 5) is 12.9. The van der Waals surface area contributed by atoms with Gasteiger partial charge in [-0.15, -0.1) is 0 Å². The maximum Gasteiger partial charge on any atom is 0.303 e. The molecule has 14 heavy (non-hydrogen) atoms. The van der Waals surface area contributed by atoms with E-state index in [1.165, 1.54) is 32.4 Å². The Labute approximate surface area is 86.1 Å². The van der Waals surface area contributed by atoms with Crippen molar-refractivity contribution in [1.29, 1.82) is 0 Å². The highest BCUT2D eigenvalue weighted by Gasteiger charge is 2.21. The molecule has 3 heteroatoms. The van der Waals surface area contributed by atoms with Crippen molar-refractivity contribution < 1.29 is 9.90 Å². The highest BCUT2D eigenvalue weighted by atomic mass is 16.4. The summed E-state index contributed by atoms with van der Waals surface area (Å²) in [7, 11) is 0. The van der Waals surface area contributed by atoms with E-state index < -0.39 is 5.97 Å². The van der Waals surface area contributed by atoms with Gasteiger partial charge in [0.2, 0.25) is 0 Å². The lowest BCUT2D eigenvalue weighted by molar-refractivity contribution is -0.137. The Hall–Kier alpha value is -0.570. The Morgan fingerprint density at radius 1 is 1.57 bits per heavy atom. The molecule has 1 heterocycles. The minimum absolute atomic E-state index is 0.340. The Morgan fingerprint density at radius 2 is 2.36 bits per heavy atom. The van der Waals surface area contributed by atoms with Crippen LogP contribution in [0.1, 0.15) is 39.0 Å². The van der Waals surface area contributed by atoms with Crippen molar-refractivity contribution >= 4 is 5.97 Å². The fraction of sp³-hybridized carbons (Fsp3) is 0.909. The predicted octanol–water partition coefficient (Wildman–Crippen LogP) is 1.97. The largest absolute Gasteiger partial charge is 0.481 e. The Bertz CT molecular complexity index is 182. The number of aliphatic carboxylic acids is 1. The molecule has 1 atom stereocenters. The second kappa shape index (κ2) is 6.02. The molecule has 0 radical (unpaired) electrons. The van der Waals surface area contributed by atoms with Gasteiger partial charge in [-0.1, -0.05) is 13.3 Å². The van der Waals surface area contributed by atoms with Crippen LogP contribution in [-0.4, -0.2) is 35.6 Å². The molecule has 1 N–H and O–H groups in total. The third kappa shape index (κ3) is 4.09. The molecule has 1 unspecified atom stereocenters. The van der Waals surface area contributed by atoms with E-state index in [4.69, 9.17) is 5.11 Å². The second-order valence-corrected chi connectivity index (χ2v) is 4.24. The van der Waals surface area contributed by atoms with Crippen LogP contribution in [-0.2, 0) is 4.79 Å². The summed E-state index contributed by atoms with van der Waals surface area (Å²) in [6.07, 6.45) is 4.91. The van der Waals surface area contributed by atoms with E-state index in [-0.39, 0.29) is 0 Å². The SMILES string of the molecule is CCCCN1CCC(CCC(=O)O)C1. The number of rotatable bonds is 6. The molecule has 0 spiro atoms. The van der Waals surface area contributed by atoms with E-state index in [2.05, 4.69) is 11.8 Å². The fourth-order valence-electron chi connectivity index (χ4n) is 2.06. The second-order valence-electron chi connectivity index (χ2n) is 4.24. The van der Waals surface area contributed by atoms with Crippen LogP contribution in [0.3, 0.4) is 0 Å². The molecule has 1 aliphatic heterocycles. The third-order valence-corrected chi connectivity index (χ3v) is 2.96. The molecule has 0 saturated carbocycles. The van der Waals surface area contributed by atoms with Gasteiger partial charge in [0.05, 0.1) is 0 Å². The molecule has 0 aromatic rings. The van der Waals surface area contributed by atoms with Gasteiger partial charge in [-0.05, 0) is 38.3 Å². The van der Waals surface area contributed by atoms with Gasteiger partial charge in [0.1, 0.15) is 0 Å². The van der Waals surface area contributed by atoms with Gasteiger partial charge in [-0.3, -0.25) is 4.79 Å². The lowest BCUT2D eigenvalue weighted by atomic mass is 10.0. The van der Waals surface area contributed by atoms with Gasteiger partial charge in [0.15, 0.2) is 0 Å². The van der Waals surface area contributed by atoms with Gasteiger partial charge < -0.3 is 10.0 Å². The first-order valence-electron chi connectivity index (χ1n) is 5.66. The highest BCUT2D eigenvalue weighted by Crippen LogP contribution is 2.21. The van der Waals surface area contributed by atoms with Crippen LogP contribution in [0.4, 0.5) is 0 Å². The zero-order valence-corrected chi connectivity index (χ0v) is 9.04. The zero-order valence-electron chi connectivity index (χ0n) is 9.04. The van der Waals surface area contributed by atoms with Gasteiger partial charge in [-0.2, -0.15) is 0 Å². The fourth-order valence-corrected chi connectivity index (χ4v) is 2.06. The number of likely N-dealkylation sites (tertiary alicyclic amines) is 1. The van der Waals surface area contributed by atoms with Crippen LogP contribution >= 0.6 is 0 Å². The molecule has 1 fully saturated rings. The maximum absolute atomic E-state index is 10.4. The minimum atomic E-state index is -0.656. The Balaban J connectivity index is 2.10. The van der Waals surface area contributed by atoms with Crippen molar-refractivity contribution in [2.24, 2.45) is 5.92 Å². The lowest BCUT2D eigenvalue weighted by Gasteiger charge is -2.14. The average molecular weight is 199 g/mol. The van der Waals surface area contributed by atoms with E-state index in [1.807, 2.05) is 0 Å². The molecule has 1 saturated heterocycles. The summed E-state index contributed by atoms with van der Waals surface area (Å²) in [5.74, 6) is -0.0278. The van der Waals surface area contributed by atoms with Crippen molar-refractivity contribution in [3.05, 3.63) is 0 Å². The number of carboxylic acids is 1. The molecular formula is C11H21NO2. The molecule has 3 nitrogen and oxygen atoms in total. The molecule has 0 aliphatic carbocycles. The monoisotopic (exact) mass is 199 g/mol. The summed E-state index contributed by atoms with van der Waals surface area (Å²) in [5.41, 5.74) is 0. The van der Waals surface area contributed by atoms with Crippen molar-refractivity contribution in [1.82, 2.24) is 4.90 Å². The smallest absolute Gasteiger partial charge is 0.303 e. The summed E-state index contributed by atoms with van der Waals surface area (Å²) >= 11 is 0. The van der Waals surface area contributed by atoms with E-state index in [9.17, 15) is 4.79 Å². The molecule has 0 aromatic carbocycles. The average Bonchev–Trinajstić information content (AvgIpc) is 2.59. The first-order chi connectivity index (χ1) is 6.72. The van der Waals surface area contributed by atoms with Crippen LogP contribution in [0, 0.1) is 5.92 Å². The summed E-state index contributed by atoms with van der Waals surface area (Å²) < 4.78 is 0. The number of hydrogen-bond donors (Lipinski definition) is 1. The predicted molar refractivity (Wildman–Crippen MR) is 56.3 cm³/mol. The number of hydrogen-bond acceptors (Lipinski definition) is 2. The quantitative estimate of drug-likeness (QED) is 0.711. The van der Waals surface area contributed by atoms with Crippen molar-refractivity contribution in [2.75, 3.05) is 19.6 Å². The first kappa shape index (κ1) is 11.5. The van der Waals surface area contributed by atoms with Crippen molar-refractivity contribution in [3.63, 3.8) is 0 Å². The van der Waals surface area contributed by atoms with Crippen LogP contribution in [0.5, 0.6) is 0 Å². The molecule has 0 aromatic heterocycles. The van der Waals surface area contributed by atoms with Crippen LogP contribution in [0.15, 0.2) is 0 Å². The zero-order chi connectivity index (χ0) is 10.4. The van der Waals surface area contributed by atoms with Gasteiger partial charge in [-0.25, -0.2) is 0 Å². The van der Waals surface area contributed by atoms with Crippen LogP contribution in [0.25, 0.3) is 0 Å². The lowest BCUT2D eigenvalue weighted by Crippen LogP contribution is -2.21. The van der Waals surface area contributed by atoms with E-state index >= 15 is 0 Å². The molecule has 1 aliphatic rings. The van der Waals surface area contributed by atoms with Crippen LogP contribution in [0.2, 0.25) is 0 Å². The van der Waals surface area contributed by atoms with Crippen molar-refractivity contribution in [2.45, 2.75) is 39.0 Å². The standard InChI is InChI=1S/C11H21NO2/c1-2-3-7-12-8-6-10(9-12)4-5-11(13)14/h10H,2-9H2,1H3,(H,13,14). The minimum Gasteiger partial charge on any atom is -0.481 e. The summed E-state index contributed by atoms with van der Waals surface area (Å²) in [5, 5.41) is 8.57. The Morgan fingerprint density at radius 3 is 3.00 bits per heavy atom. The van der Waals surface area contributed by atoms with Gasteiger partial charge >= 0.3 is 5.97 Å². The molecule has 82 valence electrons. The van der Waals surface area contributed by atoms with Crippen LogP contribution < -0.4 is 0 Å². The summed E-state index contributed by atoms with van der Waals surface area (Å²) in [6.45, 7) is 5.69. The number of carbonyl (C=O) groups is 1. The molecule has 0 bridgehead atoms.